The van der Waals surface area contributed by atoms with E-state index in [-0.39, 0.29) is 22.8 Å². The van der Waals surface area contributed by atoms with Crippen molar-refractivity contribution in [1.82, 2.24) is 10.6 Å². The number of hydrogen-bond acceptors (Lipinski definition) is 2. The molecule has 0 aromatic heterocycles. The summed E-state index contributed by atoms with van der Waals surface area (Å²) in [6, 6.07) is 8.40. The molecule has 1 saturated carbocycles. The summed E-state index contributed by atoms with van der Waals surface area (Å²) in [4.78, 5) is 12.5. The van der Waals surface area contributed by atoms with Gasteiger partial charge in [-0.1, -0.05) is 36.8 Å². The molecule has 1 amide bonds. The first-order valence-electron chi connectivity index (χ1n) is 7.44. The van der Waals surface area contributed by atoms with Gasteiger partial charge in [0.1, 0.15) is 0 Å². The number of hydrogen-bond donors (Lipinski definition) is 2. The molecule has 3 rings (SSSR count). The van der Waals surface area contributed by atoms with Gasteiger partial charge in [-0.05, 0) is 44.2 Å². The van der Waals surface area contributed by atoms with Crippen LogP contribution >= 0.6 is 0 Å². The molecule has 1 aromatic carbocycles. The summed E-state index contributed by atoms with van der Waals surface area (Å²) in [5.41, 5.74) is 2.27. The van der Waals surface area contributed by atoms with Gasteiger partial charge in [0.2, 0.25) is 5.91 Å². The highest BCUT2D eigenvalue weighted by Gasteiger charge is 2.67. The summed E-state index contributed by atoms with van der Waals surface area (Å²) >= 11 is 0. The topological polar surface area (TPSA) is 41.1 Å². The van der Waals surface area contributed by atoms with Crippen LogP contribution in [0.25, 0.3) is 0 Å². The predicted octanol–water partition coefficient (Wildman–Crippen LogP) is 2.20. The van der Waals surface area contributed by atoms with Gasteiger partial charge in [0.05, 0.1) is 5.54 Å². The molecule has 1 aromatic rings. The Bertz CT molecular complexity index is 534. The lowest BCUT2D eigenvalue weighted by Crippen LogP contribution is -2.43. The molecule has 0 bridgehead atoms. The SMILES string of the molecule is Cc1ccc(C(C)(C)NC(=O)C2C3CNCC32C)cc1. The van der Waals surface area contributed by atoms with Crippen LogP contribution in [-0.2, 0) is 10.3 Å². The maximum Gasteiger partial charge on any atom is 0.224 e. The first kappa shape index (κ1) is 13.6. The van der Waals surface area contributed by atoms with Gasteiger partial charge in [0, 0.05) is 12.5 Å². The number of aryl methyl sites for hydroxylation is 1. The number of rotatable bonds is 3. The second kappa shape index (κ2) is 4.32. The van der Waals surface area contributed by atoms with Crippen LogP contribution in [0.15, 0.2) is 24.3 Å². The number of amides is 1. The molecule has 3 unspecified atom stereocenters. The van der Waals surface area contributed by atoms with Crippen molar-refractivity contribution in [3.05, 3.63) is 35.4 Å². The first-order valence-corrected chi connectivity index (χ1v) is 7.44. The average molecular weight is 272 g/mol. The van der Waals surface area contributed by atoms with Gasteiger partial charge in [-0.2, -0.15) is 0 Å². The van der Waals surface area contributed by atoms with Crippen LogP contribution in [0.1, 0.15) is 31.9 Å². The quantitative estimate of drug-likeness (QED) is 0.885. The van der Waals surface area contributed by atoms with Crippen molar-refractivity contribution in [2.24, 2.45) is 17.3 Å². The van der Waals surface area contributed by atoms with E-state index in [2.05, 4.69) is 62.6 Å². The van der Waals surface area contributed by atoms with Crippen molar-refractivity contribution in [2.45, 2.75) is 33.2 Å². The molecule has 1 heterocycles. The van der Waals surface area contributed by atoms with E-state index in [1.807, 2.05) is 0 Å². The Morgan fingerprint density at radius 3 is 2.55 bits per heavy atom. The minimum absolute atomic E-state index is 0.188. The Kier molecular flexibility index (Phi) is 2.94. The molecule has 2 N–H and O–H groups in total. The maximum atomic E-state index is 12.5. The lowest BCUT2D eigenvalue weighted by Gasteiger charge is -2.28. The fourth-order valence-corrected chi connectivity index (χ4v) is 3.66. The smallest absolute Gasteiger partial charge is 0.224 e. The summed E-state index contributed by atoms with van der Waals surface area (Å²) < 4.78 is 0. The highest BCUT2D eigenvalue weighted by atomic mass is 16.2. The van der Waals surface area contributed by atoms with Gasteiger partial charge in [-0.3, -0.25) is 4.79 Å². The van der Waals surface area contributed by atoms with Gasteiger partial charge >= 0.3 is 0 Å². The molecular formula is C17H24N2O. The molecule has 1 aliphatic heterocycles. The van der Waals surface area contributed by atoms with Gasteiger partial charge in [-0.15, -0.1) is 0 Å². The highest BCUT2D eigenvalue weighted by Crippen LogP contribution is 2.60. The van der Waals surface area contributed by atoms with Gasteiger partial charge in [-0.25, -0.2) is 0 Å². The molecule has 108 valence electrons. The second-order valence-corrected chi connectivity index (χ2v) is 7.20. The lowest BCUT2D eigenvalue weighted by molar-refractivity contribution is -0.125. The van der Waals surface area contributed by atoms with Crippen molar-refractivity contribution in [3.8, 4) is 0 Å². The first-order chi connectivity index (χ1) is 9.34. The zero-order valence-electron chi connectivity index (χ0n) is 12.8. The van der Waals surface area contributed by atoms with Crippen LogP contribution in [0, 0.1) is 24.2 Å². The molecule has 0 spiro atoms. The van der Waals surface area contributed by atoms with E-state index in [9.17, 15) is 4.79 Å². The van der Waals surface area contributed by atoms with E-state index in [4.69, 9.17) is 0 Å². The Balaban J connectivity index is 1.71. The van der Waals surface area contributed by atoms with E-state index in [0.717, 1.165) is 18.7 Å². The molecule has 2 fully saturated rings. The number of carbonyl (C=O) groups is 1. The number of carbonyl (C=O) groups excluding carboxylic acids is 1. The van der Waals surface area contributed by atoms with Crippen LogP contribution in [0.4, 0.5) is 0 Å². The summed E-state index contributed by atoms with van der Waals surface area (Å²) in [5.74, 6) is 0.925. The molecule has 3 nitrogen and oxygen atoms in total. The van der Waals surface area contributed by atoms with Crippen molar-refractivity contribution >= 4 is 5.91 Å². The summed E-state index contributed by atoms with van der Waals surface area (Å²) in [6.07, 6.45) is 0. The van der Waals surface area contributed by atoms with E-state index in [1.54, 1.807) is 0 Å². The Labute approximate surface area is 121 Å². The lowest BCUT2D eigenvalue weighted by atomic mass is 9.93. The third kappa shape index (κ3) is 2.05. The van der Waals surface area contributed by atoms with E-state index >= 15 is 0 Å². The van der Waals surface area contributed by atoms with Crippen LogP contribution < -0.4 is 10.6 Å². The largest absolute Gasteiger partial charge is 0.347 e. The Hall–Kier alpha value is -1.35. The second-order valence-electron chi connectivity index (χ2n) is 7.20. The normalized spacial score (nSPS) is 31.8. The average Bonchev–Trinajstić information content (AvgIpc) is 2.76. The molecule has 3 atom stereocenters. The van der Waals surface area contributed by atoms with Gasteiger partial charge in [0.15, 0.2) is 0 Å². The molecular weight excluding hydrogens is 248 g/mol. The zero-order valence-corrected chi connectivity index (χ0v) is 12.8. The summed E-state index contributed by atoms with van der Waals surface area (Å²) in [7, 11) is 0. The van der Waals surface area contributed by atoms with Gasteiger partial charge in [0.25, 0.3) is 0 Å². The molecule has 3 heteroatoms. The van der Waals surface area contributed by atoms with E-state index in [0.29, 0.717) is 5.92 Å². The standard InChI is InChI=1S/C17H24N2O/c1-11-5-7-12(8-6-11)16(2,3)19-15(20)14-13-9-18-10-17(13,14)4/h5-8,13-14,18H,9-10H2,1-4H3,(H,19,20). The summed E-state index contributed by atoms with van der Waals surface area (Å²) in [5, 5.41) is 6.61. The van der Waals surface area contributed by atoms with Crippen LogP contribution in [-0.4, -0.2) is 19.0 Å². The van der Waals surface area contributed by atoms with Crippen molar-refractivity contribution in [2.75, 3.05) is 13.1 Å². The van der Waals surface area contributed by atoms with Crippen molar-refractivity contribution in [3.63, 3.8) is 0 Å². The van der Waals surface area contributed by atoms with E-state index < -0.39 is 0 Å². The Morgan fingerprint density at radius 2 is 2.00 bits per heavy atom. The number of fused-ring (bicyclic) bond motifs is 1. The fourth-order valence-electron chi connectivity index (χ4n) is 3.66. The highest BCUT2D eigenvalue weighted by molar-refractivity contribution is 5.84. The maximum absolute atomic E-state index is 12.5. The van der Waals surface area contributed by atoms with Crippen molar-refractivity contribution in [1.29, 1.82) is 0 Å². The predicted molar refractivity (Wildman–Crippen MR) is 80.3 cm³/mol. The minimum Gasteiger partial charge on any atom is -0.347 e. The monoisotopic (exact) mass is 272 g/mol. The minimum atomic E-state index is -0.314. The van der Waals surface area contributed by atoms with E-state index in [1.165, 1.54) is 5.56 Å². The Morgan fingerprint density at radius 1 is 1.35 bits per heavy atom. The van der Waals surface area contributed by atoms with Crippen LogP contribution in [0.3, 0.4) is 0 Å². The summed E-state index contributed by atoms with van der Waals surface area (Å²) in [6.45, 7) is 10.4. The molecule has 20 heavy (non-hydrogen) atoms. The number of nitrogens with one attached hydrogen (secondary N) is 2. The number of piperidine rings is 1. The zero-order chi connectivity index (χ0) is 14.5. The fraction of sp³-hybridized carbons (Fsp3) is 0.588. The molecule has 0 radical (unpaired) electrons. The third-order valence-corrected chi connectivity index (χ3v) is 5.21. The molecule has 2 aliphatic rings. The van der Waals surface area contributed by atoms with Crippen LogP contribution in [0.5, 0.6) is 0 Å². The van der Waals surface area contributed by atoms with Crippen LogP contribution in [0.2, 0.25) is 0 Å². The molecule has 1 saturated heterocycles. The number of benzene rings is 1. The molecule has 1 aliphatic carbocycles. The van der Waals surface area contributed by atoms with Crippen molar-refractivity contribution < 1.29 is 4.79 Å². The van der Waals surface area contributed by atoms with Gasteiger partial charge < -0.3 is 10.6 Å². The third-order valence-electron chi connectivity index (χ3n) is 5.21.